The number of sulfonamides is 1. The minimum Gasteiger partial charge on any atom is -0.502 e. The predicted octanol–water partition coefficient (Wildman–Crippen LogP) is 3.00. The normalized spacial score (nSPS) is 11.4. The van der Waals surface area contributed by atoms with Crippen LogP contribution in [0.2, 0.25) is 0 Å². The summed E-state index contributed by atoms with van der Waals surface area (Å²) in [5, 5.41) is 21.3. The van der Waals surface area contributed by atoms with Crippen molar-refractivity contribution in [3.05, 3.63) is 110 Å². The molecule has 0 bridgehead atoms. The molecule has 0 aliphatic heterocycles. The Bertz CT molecular complexity index is 1610. The first kappa shape index (κ1) is 24.7. The maximum Gasteiger partial charge on any atom is 0.271 e. The van der Waals surface area contributed by atoms with E-state index in [1.54, 1.807) is 66.7 Å². The van der Waals surface area contributed by atoms with Crippen LogP contribution in [0.25, 0.3) is 0 Å². The highest BCUT2D eigenvalue weighted by Gasteiger charge is 2.28. The molecule has 0 fully saturated rings. The van der Waals surface area contributed by atoms with E-state index >= 15 is 0 Å². The molecule has 0 saturated heterocycles. The summed E-state index contributed by atoms with van der Waals surface area (Å²) in [6.07, 6.45) is 0. The van der Waals surface area contributed by atoms with Crippen molar-refractivity contribution in [1.82, 2.24) is 4.31 Å². The third-order valence-corrected chi connectivity index (χ3v) is 7.43. The molecule has 4 aromatic rings. The quantitative estimate of drug-likeness (QED) is 0.333. The molecule has 0 aliphatic carbocycles. The lowest BCUT2D eigenvalue weighted by Gasteiger charge is -2.24. The van der Waals surface area contributed by atoms with Gasteiger partial charge in [-0.25, -0.2) is 8.42 Å². The van der Waals surface area contributed by atoms with E-state index < -0.39 is 26.6 Å². The summed E-state index contributed by atoms with van der Waals surface area (Å²) in [6, 6.07) is 21.6. The number of ether oxygens (including phenoxy) is 1. The van der Waals surface area contributed by atoms with Gasteiger partial charge in [0.2, 0.25) is 10.0 Å². The zero-order valence-corrected chi connectivity index (χ0v) is 20.0. The highest BCUT2D eigenvalue weighted by atomic mass is 32.2. The standard InChI is InChI=1S/C26H21N3O6S/c1-35-21-4-2-3-5-22(21)36(33,34)29(15-18-8-6-17(14-27)7-9-18)16-19-10-12-20(13-11-19)28-23-24(30)26(32)25(23)31/h2-13,28,30H,15-16H2,1H3. The number of hydrogen-bond donors (Lipinski definition) is 2. The van der Waals surface area contributed by atoms with Crippen molar-refractivity contribution in [2.45, 2.75) is 18.0 Å². The minimum absolute atomic E-state index is 0.0199. The summed E-state index contributed by atoms with van der Waals surface area (Å²) < 4.78 is 34.0. The Morgan fingerprint density at radius 3 is 2.06 bits per heavy atom. The van der Waals surface area contributed by atoms with Gasteiger partial charge < -0.3 is 15.2 Å². The average Bonchev–Trinajstić information content (AvgIpc) is 2.91. The molecule has 0 amide bonds. The molecular weight excluding hydrogens is 482 g/mol. The molecule has 0 atom stereocenters. The molecule has 0 unspecified atom stereocenters. The average molecular weight is 504 g/mol. The smallest absolute Gasteiger partial charge is 0.271 e. The molecule has 4 aromatic carbocycles. The van der Waals surface area contributed by atoms with Crippen molar-refractivity contribution >= 4 is 21.4 Å². The molecule has 4 rings (SSSR count). The maximum atomic E-state index is 13.7. The van der Waals surface area contributed by atoms with Crippen molar-refractivity contribution in [3.8, 4) is 17.6 Å². The van der Waals surface area contributed by atoms with Crippen LogP contribution in [0.15, 0.2) is 87.3 Å². The Morgan fingerprint density at radius 1 is 0.917 bits per heavy atom. The molecule has 0 radical (unpaired) electrons. The van der Waals surface area contributed by atoms with Crippen molar-refractivity contribution in [1.29, 1.82) is 5.26 Å². The van der Waals surface area contributed by atoms with E-state index in [0.717, 1.165) is 0 Å². The molecule has 0 aromatic heterocycles. The van der Waals surface area contributed by atoms with Crippen LogP contribution in [0.1, 0.15) is 16.7 Å². The van der Waals surface area contributed by atoms with Crippen LogP contribution in [-0.2, 0) is 23.1 Å². The second kappa shape index (κ2) is 10.0. The first-order valence-corrected chi connectivity index (χ1v) is 12.2. The Balaban J connectivity index is 1.63. The number of methoxy groups -OCH3 is 1. The molecule has 36 heavy (non-hydrogen) atoms. The number of para-hydroxylation sites is 1. The Morgan fingerprint density at radius 2 is 1.50 bits per heavy atom. The third-order valence-electron chi connectivity index (χ3n) is 5.60. The van der Waals surface area contributed by atoms with Gasteiger partial charge in [-0.2, -0.15) is 9.57 Å². The Kier molecular flexibility index (Phi) is 6.87. The number of nitrogens with one attached hydrogen (secondary N) is 1. The van der Waals surface area contributed by atoms with Gasteiger partial charge in [0, 0.05) is 18.8 Å². The van der Waals surface area contributed by atoms with Crippen molar-refractivity contribution in [2.24, 2.45) is 0 Å². The van der Waals surface area contributed by atoms with Crippen molar-refractivity contribution in [2.75, 3.05) is 12.4 Å². The third kappa shape index (κ3) is 4.84. The monoisotopic (exact) mass is 503 g/mol. The van der Waals surface area contributed by atoms with Crippen LogP contribution in [0.3, 0.4) is 0 Å². The van der Waals surface area contributed by atoms with E-state index in [1.165, 1.54) is 17.5 Å². The minimum atomic E-state index is -4.00. The highest BCUT2D eigenvalue weighted by molar-refractivity contribution is 7.89. The fourth-order valence-corrected chi connectivity index (χ4v) is 5.19. The molecular formula is C26H21N3O6S. The Hall–Kier alpha value is -4.46. The largest absolute Gasteiger partial charge is 0.502 e. The lowest BCUT2D eigenvalue weighted by molar-refractivity contribution is 0.383. The van der Waals surface area contributed by atoms with Gasteiger partial charge in [-0.15, -0.1) is 0 Å². The van der Waals surface area contributed by atoms with Crippen LogP contribution in [0, 0.1) is 11.3 Å². The van der Waals surface area contributed by atoms with Crippen molar-refractivity contribution < 1.29 is 18.3 Å². The Labute approximate surface area is 207 Å². The number of nitrogens with zero attached hydrogens (tertiary/aromatic N) is 2. The maximum absolute atomic E-state index is 13.7. The zero-order chi connectivity index (χ0) is 25.9. The molecule has 9 nitrogen and oxygen atoms in total. The van der Waals surface area contributed by atoms with Crippen LogP contribution in [-0.4, -0.2) is 24.9 Å². The van der Waals surface area contributed by atoms with Crippen molar-refractivity contribution in [3.63, 3.8) is 0 Å². The number of nitriles is 1. The zero-order valence-electron chi connectivity index (χ0n) is 19.1. The predicted molar refractivity (Wildman–Crippen MR) is 133 cm³/mol. The summed E-state index contributed by atoms with van der Waals surface area (Å²) in [4.78, 5) is 22.8. The van der Waals surface area contributed by atoms with Crippen LogP contribution < -0.4 is 20.9 Å². The summed E-state index contributed by atoms with van der Waals surface area (Å²) in [6.45, 7) is 0.0650. The summed E-state index contributed by atoms with van der Waals surface area (Å²) >= 11 is 0. The summed E-state index contributed by atoms with van der Waals surface area (Å²) in [7, 11) is -2.59. The van der Waals surface area contributed by atoms with E-state index in [-0.39, 0.29) is 29.4 Å². The number of hydrogen-bond acceptors (Lipinski definition) is 8. The summed E-state index contributed by atoms with van der Waals surface area (Å²) in [5.74, 6) is -0.393. The first-order chi connectivity index (χ1) is 17.2. The topological polar surface area (TPSA) is 137 Å². The van der Waals surface area contributed by atoms with E-state index in [2.05, 4.69) is 5.32 Å². The fraction of sp³-hybridized carbons (Fsp3) is 0.115. The second-order valence-electron chi connectivity index (χ2n) is 7.94. The van der Waals surface area contributed by atoms with Gasteiger partial charge in [0.25, 0.3) is 10.9 Å². The van der Waals surface area contributed by atoms with Gasteiger partial charge >= 0.3 is 0 Å². The van der Waals surface area contributed by atoms with Crippen LogP contribution in [0.5, 0.6) is 11.5 Å². The number of rotatable bonds is 9. The molecule has 2 N–H and O–H groups in total. The van der Waals surface area contributed by atoms with Gasteiger partial charge in [0.1, 0.15) is 16.3 Å². The molecule has 0 aliphatic rings. The summed E-state index contributed by atoms with van der Waals surface area (Å²) in [5.41, 5.74) is 0.362. The molecule has 0 spiro atoms. The van der Waals surface area contributed by atoms with Gasteiger partial charge in [-0.1, -0.05) is 36.4 Å². The van der Waals surface area contributed by atoms with Gasteiger partial charge in [-0.3, -0.25) is 9.59 Å². The molecule has 182 valence electrons. The first-order valence-electron chi connectivity index (χ1n) is 10.7. The van der Waals surface area contributed by atoms with Crippen LogP contribution >= 0.6 is 0 Å². The fourth-order valence-electron chi connectivity index (χ4n) is 3.62. The van der Waals surface area contributed by atoms with Gasteiger partial charge in [-0.05, 0) is 47.5 Å². The number of anilines is 2. The highest BCUT2D eigenvalue weighted by Crippen LogP contribution is 2.29. The molecule has 0 heterocycles. The van der Waals surface area contributed by atoms with E-state index in [0.29, 0.717) is 22.4 Å². The van der Waals surface area contributed by atoms with E-state index in [4.69, 9.17) is 10.00 Å². The number of aromatic hydroxyl groups is 1. The second-order valence-corrected chi connectivity index (χ2v) is 9.84. The SMILES string of the molecule is COc1ccccc1S(=O)(=O)N(Cc1ccc(C#N)cc1)Cc1ccc(Nc2c(O)c(=O)c2=O)cc1. The van der Waals surface area contributed by atoms with E-state index in [1.807, 2.05) is 6.07 Å². The number of benzene rings is 3. The van der Waals surface area contributed by atoms with Gasteiger partial charge in [0.15, 0.2) is 5.75 Å². The molecule has 0 saturated carbocycles. The lowest BCUT2D eigenvalue weighted by atomic mass is 10.1. The van der Waals surface area contributed by atoms with E-state index in [9.17, 15) is 23.1 Å². The van der Waals surface area contributed by atoms with Crippen LogP contribution in [0.4, 0.5) is 11.4 Å². The van der Waals surface area contributed by atoms with Gasteiger partial charge in [0.05, 0.1) is 18.7 Å². The lowest BCUT2D eigenvalue weighted by Crippen LogP contribution is -2.32. The molecule has 10 heteroatoms.